The van der Waals surface area contributed by atoms with Crippen LogP contribution in [0.1, 0.15) is 19.3 Å². The van der Waals surface area contributed by atoms with Gasteiger partial charge in [0.25, 0.3) is 0 Å². The summed E-state index contributed by atoms with van der Waals surface area (Å²) >= 11 is 0. The number of nitrogens with one attached hydrogen (secondary N) is 2. The van der Waals surface area contributed by atoms with E-state index in [4.69, 9.17) is 0 Å². The number of carbonyl (C=O) groups is 2. The number of hydrogen-bond donors (Lipinski definition) is 2. The molecule has 0 aliphatic carbocycles. The molecule has 1 unspecified atom stereocenters. The molecular formula is C10H17N3O2. The summed E-state index contributed by atoms with van der Waals surface area (Å²) < 4.78 is 0. The van der Waals surface area contributed by atoms with Crippen LogP contribution in [0.25, 0.3) is 0 Å². The minimum Gasteiger partial charge on any atom is -0.344 e. The van der Waals surface area contributed by atoms with Crippen LogP contribution < -0.4 is 10.6 Å². The first kappa shape index (κ1) is 10.4. The second-order valence-corrected chi connectivity index (χ2v) is 4.09. The predicted molar refractivity (Wildman–Crippen MR) is 55.2 cm³/mol. The van der Waals surface area contributed by atoms with Gasteiger partial charge in [-0.2, -0.15) is 0 Å². The van der Waals surface area contributed by atoms with Crippen LogP contribution in [0.3, 0.4) is 0 Å². The van der Waals surface area contributed by atoms with Crippen LogP contribution in [-0.2, 0) is 9.59 Å². The van der Waals surface area contributed by atoms with Gasteiger partial charge in [0.15, 0.2) is 0 Å². The van der Waals surface area contributed by atoms with Gasteiger partial charge in [0, 0.05) is 32.6 Å². The molecule has 84 valence electrons. The molecule has 2 aliphatic heterocycles. The molecule has 2 saturated heterocycles. The van der Waals surface area contributed by atoms with E-state index in [-0.39, 0.29) is 17.9 Å². The van der Waals surface area contributed by atoms with E-state index in [1.165, 1.54) is 0 Å². The summed E-state index contributed by atoms with van der Waals surface area (Å²) in [6.45, 7) is 3.22. The summed E-state index contributed by atoms with van der Waals surface area (Å²) in [5.74, 6) is 0.0966. The minimum absolute atomic E-state index is 0.00901. The summed E-state index contributed by atoms with van der Waals surface area (Å²) in [5.41, 5.74) is 0. The normalized spacial score (nSPS) is 27.3. The zero-order chi connectivity index (χ0) is 10.7. The van der Waals surface area contributed by atoms with Gasteiger partial charge in [-0.15, -0.1) is 0 Å². The molecule has 2 amide bonds. The fourth-order valence-electron chi connectivity index (χ4n) is 2.10. The maximum atomic E-state index is 12.0. The third-order valence-corrected chi connectivity index (χ3v) is 2.96. The van der Waals surface area contributed by atoms with E-state index in [1.54, 1.807) is 0 Å². The molecule has 5 heteroatoms. The van der Waals surface area contributed by atoms with Crippen molar-refractivity contribution in [2.75, 3.05) is 26.2 Å². The van der Waals surface area contributed by atoms with Crippen LogP contribution in [0.2, 0.25) is 0 Å². The largest absolute Gasteiger partial charge is 0.344 e. The van der Waals surface area contributed by atoms with Gasteiger partial charge in [0.1, 0.15) is 6.04 Å². The van der Waals surface area contributed by atoms with Crippen LogP contribution in [0.5, 0.6) is 0 Å². The Labute approximate surface area is 89.2 Å². The first-order valence-electron chi connectivity index (χ1n) is 5.56. The molecule has 0 spiro atoms. The first-order valence-corrected chi connectivity index (χ1v) is 5.56. The second-order valence-electron chi connectivity index (χ2n) is 4.09. The van der Waals surface area contributed by atoms with Crippen molar-refractivity contribution in [3.05, 3.63) is 0 Å². The van der Waals surface area contributed by atoms with Gasteiger partial charge < -0.3 is 15.5 Å². The Morgan fingerprint density at radius 3 is 2.73 bits per heavy atom. The zero-order valence-electron chi connectivity index (χ0n) is 8.79. The quantitative estimate of drug-likeness (QED) is 0.590. The molecule has 0 saturated carbocycles. The molecule has 2 N–H and O–H groups in total. The monoisotopic (exact) mass is 211 g/mol. The molecule has 0 aromatic carbocycles. The molecule has 0 radical (unpaired) electrons. The van der Waals surface area contributed by atoms with Gasteiger partial charge in [-0.3, -0.25) is 9.59 Å². The fraction of sp³-hybridized carbons (Fsp3) is 0.800. The van der Waals surface area contributed by atoms with Gasteiger partial charge >= 0.3 is 0 Å². The zero-order valence-corrected chi connectivity index (χ0v) is 8.79. The molecule has 0 bridgehead atoms. The number of rotatable bonds is 1. The van der Waals surface area contributed by atoms with Crippen LogP contribution in [0.15, 0.2) is 0 Å². The average molecular weight is 211 g/mol. The number of carbonyl (C=O) groups excluding carboxylic acids is 2. The Balaban J connectivity index is 1.90. The molecule has 0 aromatic rings. The van der Waals surface area contributed by atoms with Gasteiger partial charge in [-0.25, -0.2) is 0 Å². The van der Waals surface area contributed by atoms with Crippen LogP contribution in [0.4, 0.5) is 0 Å². The van der Waals surface area contributed by atoms with E-state index in [0.29, 0.717) is 6.42 Å². The number of hydrogen-bond acceptors (Lipinski definition) is 3. The van der Waals surface area contributed by atoms with E-state index in [0.717, 1.165) is 39.0 Å². The fourth-order valence-corrected chi connectivity index (χ4v) is 2.10. The number of piperidine rings is 1. The van der Waals surface area contributed by atoms with Crippen molar-refractivity contribution in [2.24, 2.45) is 0 Å². The number of amides is 2. The lowest BCUT2D eigenvalue weighted by Crippen LogP contribution is -2.55. The summed E-state index contributed by atoms with van der Waals surface area (Å²) in [7, 11) is 0. The highest BCUT2D eigenvalue weighted by Crippen LogP contribution is 2.11. The smallest absolute Gasteiger partial charge is 0.245 e. The summed E-state index contributed by atoms with van der Waals surface area (Å²) in [6, 6.07) is -0.274. The van der Waals surface area contributed by atoms with Crippen molar-refractivity contribution in [3.63, 3.8) is 0 Å². The number of piperazine rings is 1. The van der Waals surface area contributed by atoms with Crippen molar-refractivity contribution < 1.29 is 9.59 Å². The summed E-state index contributed by atoms with van der Waals surface area (Å²) in [6.07, 6.45) is 2.17. The SMILES string of the molecule is O=C1CCCC(C(=O)N2CCNCC2)N1. The summed E-state index contributed by atoms with van der Waals surface area (Å²) in [5, 5.41) is 5.96. The van der Waals surface area contributed by atoms with Gasteiger partial charge in [0.05, 0.1) is 0 Å². The van der Waals surface area contributed by atoms with Crippen molar-refractivity contribution in [3.8, 4) is 0 Å². The van der Waals surface area contributed by atoms with E-state index in [9.17, 15) is 9.59 Å². The van der Waals surface area contributed by atoms with Gasteiger partial charge in [-0.1, -0.05) is 0 Å². The Morgan fingerprint density at radius 1 is 1.33 bits per heavy atom. The van der Waals surface area contributed by atoms with Crippen LogP contribution in [-0.4, -0.2) is 48.9 Å². The topological polar surface area (TPSA) is 61.4 Å². The molecule has 2 fully saturated rings. The van der Waals surface area contributed by atoms with Gasteiger partial charge in [-0.05, 0) is 12.8 Å². The average Bonchev–Trinajstić information content (AvgIpc) is 2.29. The van der Waals surface area contributed by atoms with Crippen LogP contribution >= 0.6 is 0 Å². The molecule has 15 heavy (non-hydrogen) atoms. The minimum atomic E-state index is -0.274. The maximum absolute atomic E-state index is 12.0. The molecule has 5 nitrogen and oxygen atoms in total. The van der Waals surface area contributed by atoms with E-state index < -0.39 is 0 Å². The predicted octanol–water partition coefficient (Wildman–Crippen LogP) is -0.913. The lowest BCUT2D eigenvalue weighted by molar-refractivity contribution is -0.138. The highest BCUT2D eigenvalue weighted by Gasteiger charge is 2.28. The third kappa shape index (κ3) is 2.47. The molecule has 2 aliphatic rings. The molecule has 2 rings (SSSR count). The molecule has 2 heterocycles. The van der Waals surface area contributed by atoms with Crippen LogP contribution in [0, 0.1) is 0 Å². The number of nitrogens with zero attached hydrogens (tertiary/aromatic N) is 1. The maximum Gasteiger partial charge on any atom is 0.245 e. The molecular weight excluding hydrogens is 194 g/mol. The Kier molecular flexibility index (Phi) is 3.20. The van der Waals surface area contributed by atoms with Crippen molar-refractivity contribution in [1.29, 1.82) is 0 Å². The van der Waals surface area contributed by atoms with Crippen molar-refractivity contribution in [2.45, 2.75) is 25.3 Å². The Bertz CT molecular complexity index is 261. The lowest BCUT2D eigenvalue weighted by atomic mass is 10.0. The summed E-state index contributed by atoms with van der Waals surface area (Å²) in [4.78, 5) is 25.0. The molecule has 0 aromatic heterocycles. The van der Waals surface area contributed by atoms with Crippen molar-refractivity contribution in [1.82, 2.24) is 15.5 Å². The lowest BCUT2D eigenvalue weighted by Gasteiger charge is -2.32. The van der Waals surface area contributed by atoms with E-state index in [1.807, 2.05) is 4.90 Å². The standard InChI is InChI=1S/C10H17N3O2/c14-9-3-1-2-8(12-9)10(15)13-6-4-11-5-7-13/h8,11H,1-7H2,(H,12,14). The van der Waals surface area contributed by atoms with Gasteiger partial charge in [0.2, 0.25) is 11.8 Å². The highest BCUT2D eigenvalue weighted by molar-refractivity contribution is 5.88. The second kappa shape index (κ2) is 4.61. The van der Waals surface area contributed by atoms with Crippen molar-refractivity contribution >= 4 is 11.8 Å². The Hall–Kier alpha value is -1.10. The molecule has 1 atom stereocenters. The third-order valence-electron chi connectivity index (χ3n) is 2.96. The Morgan fingerprint density at radius 2 is 2.07 bits per heavy atom. The highest BCUT2D eigenvalue weighted by atomic mass is 16.2. The van der Waals surface area contributed by atoms with E-state index >= 15 is 0 Å². The van der Waals surface area contributed by atoms with E-state index in [2.05, 4.69) is 10.6 Å². The first-order chi connectivity index (χ1) is 7.27.